The highest BCUT2D eigenvalue weighted by molar-refractivity contribution is 6.35. The number of benzene rings is 2. The lowest BCUT2D eigenvalue weighted by Gasteiger charge is -2.11. The molecule has 0 saturated carbocycles. The maximum Gasteiger partial charge on any atom is 0.329 e. The second-order valence-corrected chi connectivity index (χ2v) is 7.02. The molecule has 9 nitrogen and oxygen atoms in total. The van der Waals surface area contributed by atoms with Gasteiger partial charge in [0.1, 0.15) is 0 Å². The van der Waals surface area contributed by atoms with Crippen LogP contribution in [0.3, 0.4) is 0 Å². The number of nitrogens with zero attached hydrogens (tertiary/aromatic N) is 1. The van der Waals surface area contributed by atoms with Gasteiger partial charge in [0, 0.05) is 16.8 Å². The number of anilines is 1. The van der Waals surface area contributed by atoms with Crippen LogP contribution in [0, 0.1) is 0 Å². The van der Waals surface area contributed by atoms with Crippen LogP contribution in [-0.4, -0.2) is 43.7 Å². The summed E-state index contributed by atoms with van der Waals surface area (Å²) >= 11 is 5.82. The van der Waals surface area contributed by atoms with Crippen LogP contribution < -0.4 is 25.5 Å². The normalized spacial score (nSPS) is 10.6. The zero-order valence-corrected chi connectivity index (χ0v) is 18.0. The third-order valence-electron chi connectivity index (χ3n) is 3.68. The molecule has 0 saturated heterocycles. The standard InChI is InChI=1S/C21H23ClN4O5/c1-13(2)24-20(28)21(29)26-23-11-14-4-9-17(18(10-14)30-3)31-12-19(27)25-16-7-5-15(22)6-8-16/h4-11,13H,12H2,1-3H3,(H,24,28)(H,25,27)(H,26,29)/b23-11-. The fourth-order valence-corrected chi connectivity index (χ4v) is 2.43. The first-order valence-corrected chi connectivity index (χ1v) is 9.66. The molecular formula is C21H23ClN4O5. The molecule has 0 aliphatic heterocycles. The minimum Gasteiger partial charge on any atom is -0.493 e. The van der Waals surface area contributed by atoms with Gasteiger partial charge in [-0.15, -0.1) is 0 Å². The summed E-state index contributed by atoms with van der Waals surface area (Å²) < 4.78 is 10.8. The molecule has 10 heteroatoms. The Labute approximate surface area is 184 Å². The Morgan fingerprint density at radius 1 is 1.06 bits per heavy atom. The van der Waals surface area contributed by atoms with Crippen molar-refractivity contribution in [2.24, 2.45) is 5.10 Å². The van der Waals surface area contributed by atoms with Crippen molar-refractivity contribution in [3.05, 3.63) is 53.1 Å². The molecular weight excluding hydrogens is 424 g/mol. The molecule has 2 aromatic carbocycles. The van der Waals surface area contributed by atoms with Gasteiger partial charge >= 0.3 is 11.8 Å². The number of hydrogen-bond acceptors (Lipinski definition) is 6. The monoisotopic (exact) mass is 446 g/mol. The highest BCUT2D eigenvalue weighted by Crippen LogP contribution is 2.27. The molecule has 0 heterocycles. The molecule has 0 aromatic heterocycles. The Bertz CT molecular complexity index is 961. The Morgan fingerprint density at radius 2 is 1.77 bits per heavy atom. The van der Waals surface area contributed by atoms with E-state index in [0.717, 1.165) is 0 Å². The van der Waals surface area contributed by atoms with E-state index in [9.17, 15) is 14.4 Å². The summed E-state index contributed by atoms with van der Waals surface area (Å²) in [6, 6.07) is 11.4. The fourth-order valence-electron chi connectivity index (χ4n) is 2.30. The third kappa shape index (κ3) is 7.98. The topological polar surface area (TPSA) is 118 Å². The minimum atomic E-state index is -0.872. The van der Waals surface area contributed by atoms with E-state index in [-0.39, 0.29) is 18.6 Å². The summed E-state index contributed by atoms with van der Waals surface area (Å²) in [5.41, 5.74) is 3.32. The first kappa shape index (κ1) is 23.7. The SMILES string of the molecule is COc1cc(/C=N\NC(=O)C(=O)NC(C)C)ccc1OCC(=O)Nc1ccc(Cl)cc1. The van der Waals surface area contributed by atoms with Crippen molar-refractivity contribution in [3.8, 4) is 11.5 Å². The molecule has 3 amide bonds. The van der Waals surface area contributed by atoms with Gasteiger partial charge in [-0.25, -0.2) is 5.43 Å². The molecule has 31 heavy (non-hydrogen) atoms. The molecule has 0 radical (unpaired) electrons. The average molecular weight is 447 g/mol. The smallest absolute Gasteiger partial charge is 0.329 e. The van der Waals surface area contributed by atoms with E-state index in [1.165, 1.54) is 13.3 Å². The number of amides is 3. The predicted molar refractivity (Wildman–Crippen MR) is 118 cm³/mol. The first-order chi connectivity index (χ1) is 14.8. The Hall–Kier alpha value is -3.59. The van der Waals surface area contributed by atoms with Crippen molar-refractivity contribution in [1.29, 1.82) is 0 Å². The number of carbonyl (C=O) groups is 3. The van der Waals surface area contributed by atoms with Gasteiger partial charge in [-0.1, -0.05) is 11.6 Å². The maximum atomic E-state index is 12.1. The molecule has 164 valence electrons. The molecule has 2 aromatic rings. The van der Waals surface area contributed by atoms with Crippen molar-refractivity contribution < 1.29 is 23.9 Å². The van der Waals surface area contributed by atoms with Gasteiger partial charge in [-0.3, -0.25) is 14.4 Å². The number of hydrogen-bond donors (Lipinski definition) is 3. The average Bonchev–Trinajstić information content (AvgIpc) is 2.73. The zero-order chi connectivity index (χ0) is 22.8. The molecule has 0 fully saturated rings. The number of nitrogens with one attached hydrogen (secondary N) is 3. The lowest BCUT2D eigenvalue weighted by Crippen LogP contribution is -2.41. The fraction of sp³-hybridized carbons (Fsp3) is 0.238. The van der Waals surface area contributed by atoms with E-state index in [0.29, 0.717) is 27.8 Å². The molecule has 0 aliphatic carbocycles. The highest BCUT2D eigenvalue weighted by Gasteiger charge is 2.13. The van der Waals surface area contributed by atoms with Crippen LogP contribution >= 0.6 is 11.6 Å². The van der Waals surface area contributed by atoms with Crippen molar-refractivity contribution in [1.82, 2.24) is 10.7 Å². The number of carbonyl (C=O) groups excluding carboxylic acids is 3. The second-order valence-electron chi connectivity index (χ2n) is 6.58. The zero-order valence-electron chi connectivity index (χ0n) is 17.3. The maximum absolute atomic E-state index is 12.1. The van der Waals surface area contributed by atoms with Gasteiger partial charge in [-0.05, 0) is 61.9 Å². The minimum absolute atomic E-state index is 0.160. The lowest BCUT2D eigenvalue weighted by atomic mass is 10.2. The van der Waals surface area contributed by atoms with Gasteiger partial charge in [0.2, 0.25) is 0 Å². The molecule has 0 aliphatic rings. The third-order valence-corrected chi connectivity index (χ3v) is 3.93. The van der Waals surface area contributed by atoms with E-state index < -0.39 is 11.8 Å². The van der Waals surface area contributed by atoms with E-state index in [1.807, 2.05) is 0 Å². The number of hydrazone groups is 1. The predicted octanol–water partition coefficient (Wildman–Crippen LogP) is 2.34. The quantitative estimate of drug-likeness (QED) is 0.327. The molecule has 0 atom stereocenters. The number of ether oxygens (including phenoxy) is 2. The van der Waals surface area contributed by atoms with Crippen molar-refractivity contribution in [3.63, 3.8) is 0 Å². The van der Waals surface area contributed by atoms with Crippen LogP contribution in [0.5, 0.6) is 11.5 Å². The Kier molecular flexibility index (Phi) is 8.83. The largest absolute Gasteiger partial charge is 0.493 e. The van der Waals surface area contributed by atoms with E-state index in [2.05, 4.69) is 21.2 Å². The van der Waals surface area contributed by atoms with Crippen LogP contribution in [0.4, 0.5) is 5.69 Å². The van der Waals surface area contributed by atoms with Gasteiger partial charge in [0.25, 0.3) is 5.91 Å². The van der Waals surface area contributed by atoms with Gasteiger partial charge in [0.05, 0.1) is 13.3 Å². The van der Waals surface area contributed by atoms with Crippen LogP contribution in [0.15, 0.2) is 47.6 Å². The molecule has 3 N–H and O–H groups in total. The number of halogens is 1. The molecule has 0 bridgehead atoms. The Balaban J connectivity index is 1.91. The lowest BCUT2D eigenvalue weighted by molar-refractivity contribution is -0.139. The molecule has 0 unspecified atom stereocenters. The number of rotatable bonds is 8. The van der Waals surface area contributed by atoms with Crippen LogP contribution in [0.25, 0.3) is 0 Å². The van der Waals surface area contributed by atoms with Gasteiger partial charge < -0.3 is 20.1 Å². The van der Waals surface area contributed by atoms with E-state index >= 15 is 0 Å². The molecule has 0 spiro atoms. The number of methoxy groups -OCH3 is 1. The Morgan fingerprint density at radius 3 is 2.42 bits per heavy atom. The first-order valence-electron chi connectivity index (χ1n) is 9.28. The summed E-state index contributed by atoms with van der Waals surface area (Å²) in [6.07, 6.45) is 1.35. The molecule has 2 rings (SSSR count). The van der Waals surface area contributed by atoms with Gasteiger partial charge in [-0.2, -0.15) is 5.10 Å². The second kappa shape index (κ2) is 11.6. The van der Waals surface area contributed by atoms with Crippen LogP contribution in [0.1, 0.15) is 19.4 Å². The van der Waals surface area contributed by atoms with Crippen LogP contribution in [0.2, 0.25) is 5.02 Å². The highest BCUT2D eigenvalue weighted by atomic mass is 35.5. The van der Waals surface area contributed by atoms with E-state index in [4.69, 9.17) is 21.1 Å². The van der Waals surface area contributed by atoms with Crippen molar-refractivity contribution >= 4 is 41.2 Å². The van der Waals surface area contributed by atoms with Gasteiger partial charge in [0.15, 0.2) is 18.1 Å². The van der Waals surface area contributed by atoms with Crippen LogP contribution in [-0.2, 0) is 14.4 Å². The summed E-state index contributed by atoms with van der Waals surface area (Å²) in [7, 11) is 1.45. The van der Waals surface area contributed by atoms with Crippen molar-refractivity contribution in [2.75, 3.05) is 19.0 Å². The summed E-state index contributed by atoms with van der Waals surface area (Å²) in [5, 5.41) is 9.47. The van der Waals surface area contributed by atoms with Crippen molar-refractivity contribution in [2.45, 2.75) is 19.9 Å². The van der Waals surface area contributed by atoms with E-state index in [1.54, 1.807) is 56.3 Å². The summed E-state index contributed by atoms with van der Waals surface area (Å²) in [6.45, 7) is 3.25. The summed E-state index contributed by atoms with van der Waals surface area (Å²) in [4.78, 5) is 35.2. The summed E-state index contributed by atoms with van der Waals surface area (Å²) in [5.74, 6) is -1.27.